The molecule has 1 aromatic heterocycles. The van der Waals surface area contributed by atoms with E-state index in [1.807, 2.05) is 4.90 Å². The zero-order valence-corrected chi connectivity index (χ0v) is 15.1. The number of piperidine rings is 1. The molecule has 1 aliphatic heterocycles. The van der Waals surface area contributed by atoms with Crippen LogP contribution in [0.4, 0.5) is 0 Å². The van der Waals surface area contributed by atoms with Gasteiger partial charge in [-0.25, -0.2) is 13.1 Å². The summed E-state index contributed by atoms with van der Waals surface area (Å²) in [5.41, 5.74) is 0.837. The normalized spacial score (nSPS) is 27.2. The standard InChI is InChI=1S/C16H26N4O3S/c1-12-6-15(12)16(21)20-5-3-4-13(10-20)11-24(22,23)18-8-14-7-17-19(2)9-14/h7,9,12-13,15,18H,3-6,8,10-11H2,1-2H3/t12-,13+,15+/m1/s1. The van der Waals surface area contributed by atoms with Gasteiger partial charge in [0.25, 0.3) is 0 Å². The third-order valence-corrected chi connectivity index (χ3v) is 6.46. The van der Waals surface area contributed by atoms with Gasteiger partial charge in [0.05, 0.1) is 11.9 Å². The van der Waals surface area contributed by atoms with E-state index in [9.17, 15) is 13.2 Å². The number of aromatic nitrogens is 2. The predicted molar refractivity (Wildman–Crippen MR) is 90.4 cm³/mol. The lowest BCUT2D eigenvalue weighted by Crippen LogP contribution is -2.44. The van der Waals surface area contributed by atoms with Crippen molar-refractivity contribution in [3.63, 3.8) is 0 Å². The Morgan fingerprint density at radius 1 is 1.46 bits per heavy atom. The van der Waals surface area contributed by atoms with Crippen LogP contribution in [0, 0.1) is 17.8 Å². The van der Waals surface area contributed by atoms with Gasteiger partial charge in [-0.1, -0.05) is 6.92 Å². The van der Waals surface area contributed by atoms with Crippen LogP contribution in [-0.2, 0) is 28.4 Å². The molecule has 8 heteroatoms. The van der Waals surface area contributed by atoms with Gasteiger partial charge >= 0.3 is 0 Å². The molecular weight excluding hydrogens is 328 g/mol. The highest BCUT2D eigenvalue weighted by Crippen LogP contribution is 2.39. The van der Waals surface area contributed by atoms with E-state index in [1.54, 1.807) is 24.1 Å². The monoisotopic (exact) mass is 354 g/mol. The maximum absolute atomic E-state index is 12.3. The largest absolute Gasteiger partial charge is 0.342 e. The van der Waals surface area contributed by atoms with Gasteiger partial charge in [0.2, 0.25) is 15.9 Å². The van der Waals surface area contributed by atoms with Crippen molar-refractivity contribution < 1.29 is 13.2 Å². The minimum Gasteiger partial charge on any atom is -0.342 e. The summed E-state index contributed by atoms with van der Waals surface area (Å²) in [4.78, 5) is 14.2. The molecule has 1 amide bonds. The first-order chi connectivity index (χ1) is 11.3. The Morgan fingerprint density at radius 2 is 2.21 bits per heavy atom. The molecule has 2 aliphatic rings. The van der Waals surface area contributed by atoms with E-state index in [1.165, 1.54) is 0 Å². The molecule has 1 aliphatic carbocycles. The van der Waals surface area contributed by atoms with Crippen LogP contribution in [0.3, 0.4) is 0 Å². The lowest BCUT2D eigenvalue weighted by Gasteiger charge is -2.33. The average molecular weight is 354 g/mol. The molecule has 0 bridgehead atoms. The van der Waals surface area contributed by atoms with Crippen molar-refractivity contribution in [1.29, 1.82) is 0 Å². The lowest BCUT2D eigenvalue weighted by atomic mass is 9.99. The van der Waals surface area contributed by atoms with E-state index >= 15 is 0 Å². The number of amides is 1. The van der Waals surface area contributed by atoms with Crippen LogP contribution in [-0.4, -0.2) is 47.8 Å². The SMILES string of the molecule is C[C@@H]1C[C@@H]1C(=O)N1CCC[C@H](CS(=O)(=O)NCc2cnn(C)c2)C1. The van der Waals surface area contributed by atoms with E-state index in [-0.39, 0.29) is 30.0 Å². The maximum atomic E-state index is 12.3. The van der Waals surface area contributed by atoms with Gasteiger partial charge in [0.1, 0.15) is 0 Å². The van der Waals surface area contributed by atoms with Crippen LogP contribution in [0.15, 0.2) is 12.4 Å². The summed E-state index contributed by atoms with van der Waals surface area (Å²) in [5.74, 6) is 0.972. The zero-order valence-electron chi connectivity index (χ0n) is 14.3. The van der Waals surface area contributed by atoms with E-state index in [0.29, 0.717) is 12.5 Å². The third kappa shape index (κ3) is 4.36. The van der Waals surface area contributed by atoms with Gasteiger partial charge in [-0.05, 0) is 31.1 Å². The number of hydrogen-bond acceptors (Lipinski definition) is 4. The smallest absolute Gasteiger partial charge is 0.225 e. The van der Waals surface area contributed by atoms with Crippen LogP contribution in [0.2, 0.25) is 0 Å². The van der Waals surface area contributed by atoms with Gasteiger partial charge < -0.3 is 4.90 Å². The van der Waals surface area contributed by atoms with Crippen LogP contribution < -0.4 is 4.72 Å². The molecule has 0 aromatic carbocycles. The first-order valence-electron chi connectivity index (χ1n) is 8.57. The molecule has 3 rings (SSSR count). The maximum Gasteiger partial charge on any atom is 0.225 e. The van der Waals surface area contributed by atoms with Crippen molar-refractivity contribution in [3.8, 4) is 0 Å². The van der Waals surface area contributed by atoms with Crippen molar-refractivity contribution in [2.75, 3.05) is 18.8 Å². The van der Waals surface area contributed by atoms with Crippen LogP contribution >= 0.6 is 0 Å². The highest BCUT2D eigenvalue weighted by molar-refractivity contribution is 7.89. The van der Waals surface area contributed by atoms with Crippen LogP contribution in [0.5, 0.6) is 0 Å². The summed E-state index contributed by atoms with van der Waals surface area (Å²) >= 11 is 0. The third-order valence-electron chi connectivity index (χ3n) is 4.97. The van der Waals surface area contributed by atoms with E-state index < -0.39 is 10.0 Å². The molecule has 1 saturated heterocycles. The highest BCUT2D eigenvalue weighted by Gasteiger charge is 2.42. The molecule has 0 unspecified atom stereocenters. The Bertz CT molecular complexity index is 700. The number of nitrogens with one attached hydrogen (secondary N) is 1. The summed E-state index contributed by atoms with van der Waals surface area (Å²) in [6.45, 7) is 3.68. The van der Waals surface area contributed by atoms with Gasteiger partial charge in [-0.3, -0.25) is 9.48 Å². The second-order valence-electron chi connectivity index (χ2n) is 7.24. The van der Waals surface area contributed by atoms with E-state index in [0.717, 1.165) is 31.4 Å². The number of likely N-dealkylation sites (tertiary alicyclic amines) is 1. The van der Waals surface area contributed by atoms with Gasteiger partial charge in [0, 0.05) is 44.4 Å². The minimum absolute atomic E-state index is 0.0168. The van der Waals surface area contributed by atoms with Gasteiger partial charge in [-0.15, -0.1) is 0 Å². The lowest BCUT2D eigenvalue weighted by molar-refractivity contribution is -0.134. The van der Waals surface area contributed by atoms with Crippen LogP contribution in [0.25, 0.3) is 0 Å². The first-order valence-corrected chi connectivity index (χ1v) is 10.2. The fourth-order valence-electron chi connectivity index (χ4n) is 3.43. The van der Waals surface area contributed by atoms with Gasteiger partial charge in [-0.2, -0.15) is 5.10 Å². The molecule has 1 N–H and O–H groups in total. The Labute approximate surface area is 143 Å². The van der Waals surface area contributed by atoms with Crippen molar-refractivity contribution in [2.24, 2.45) is 24.8 Å². The summed E-state index contributed by atoms with van der Waals surface area (Å²) in [7, 11) is -1.56. The average Bonchev–Trinajstić information content (AvgIpc) is 3.10. The number of nitrogens with zero attached hydrogens (tertiary/aromatic N) is 3. The molecule has 1 aromatic rings. The molecular formula is C16H26N4O3S. The number of sulfonamides is 1. The Hall–Kier alpha value is -1.41. The fraction of sp³-hybridized carbons (Fsp3) is 0.750. The molecule has 0 radical (unpaired) electrons. The van der Waals surface area contributed by atoms with E-state index in [2.05, 4.69) is 16.7 Å². The van der Waals surface area contributed by atoms with Crippen molar-refractivity contribution in [3.05, 3.63) is 18.0 Å². The molecule has 0 spiro atoms. The number of aryl methyl sites for hydroxylation is 1. The second kappa shape index (κ2) is 6.84. The molecule has 3 atom stereocenters. The molecule has 24 heavy (non-hydrogen) atoms. The van der Waals surface area contributed by atoms with Crippen molar-refractivity contribution in [2.45, 2.75) is 32.7 Å². The number of carbonyl (C=O) groups is 1. The highest BCUT2D eigenvalue weighted by atomic mass is 32.2. The summed E-state index contributed by atoms with van der Waals surface area (Å²) in [6, 6.07) is 0. The molecule has 1 saturated carbocycles. The number of hydrogen-bond donors (Lipinski definition) is 1. The summed E-state index contributed by atoms with van der Waals surface area (Å²) < 4.78 is 28.9. The quantitative estimate of drug-likeness (QED) is 0.816. The van der Waals surface area contributed by atoms with Gasteiger partial charge in [0.15, 0.2) is 0 Å². The molecule has 7 nitrogen and oxygen atoms in total. The first kappa shape index (κ1) is 17.4. The number of carbonyl (C=O) groups excluding carboxylic acids is 1. The predicted octanol–water partition coefficient (Wildman–Crippen LogP) is 0.734. The summed E-state index contributed by atoms with van der Waals surface area (Å²) in [5, 5.41) is 4.03. The number of rotatable bonds is 6. The molecule has 2 fully saturated rings. The Morgan fingerprint density at radius 3 is 2.83 bits per heavy atom. The molecule has 134 valence electrons. The van der Waals surface area contributed by atoms with Crippen LogP contribution in [0.1, 0.15) is 31.7 Å². The van der Waals surface area contributed by atoms with Crippen molar-refractivity contribution in [1.82, 2.24) is 19.4 Å². The van der Waals surface area contributed by atoms with Crippen molar-refractivity contribution >= 4 is 15.9 Å². The Kier molecular flexibility index (Phi) is 4.96. The van der Waals surface area contributed by atoms with E-state index in [4.69, 9.17) is 0 Å². The summed E-state index contributed by atoms with van der Waals surface area (Å²) in [6.07, 6.45) is 6.17. The Balaban J connectivity index is 1.51. The fourth-order valence-corrected chi connectivity index (χ4v) is 4.82. The topological polar surface area (TPSA) is 84.3 Å². The second-order valence-corrected chi connectivity index (χ2v) is 9.09. The minimum atomic E-state index is -3.36. The zero-order chi connectivity index (χ0) is 17.3. The molecule has 2 heterocycles.